The molecule has 3 rings (SSSR count). The zero-order valence-electron chi connectivity index (χ0n) is 16.0. The van der Waals surface area contributed by atoms with Gasteiger partial charge in [-0.3, -0.25) is 0 Å². The Morgan fingerprint density at radius 1 is 0.615 bits per heavy atom. The summed E-state index contributed by atoms with van der Waals surface area (Å²) in [5.41, 5.74) is 6.76. The highest BCUT2D eigenvalue weighted by Crippen LogP contribution is 2.21. The quantitative estimate of drug-likeness (QED) is 0.668. The first-order chi connectivity index (χ1) is 12.4. The molecule has 0 atom stereocenters. The van der Waals surface area contributed by atoms with Crippen LogP contribution in [0.3, 0.4) is 0 Å². The molecule has 0 saturated heterocycles. The first-order valence-corrected chi connectivity index (χ1v) is 8.87. The lowest BCUT2D eigenvalue weighted by atomic mass is 10.1. The number of hydrogen-bond donors (Lipinski definition) is 2. The summed E-state index contributed by atoms with van der Waals surface area (Å²) in [7, 11) is 0. The van der Waals surface area contributed by atoms with E-state index < -0.39 is 0 Å². The average Bonchev–Trinajstić information content (AvgIpc) is 2.52. The summed E-state index contributed by atoms with van der Waals surface area (Å²) in [5.74, 6) is 1.85. The largest absolute Gasteiger partial charge is 0.324 e. The summed E-state index contributed by atoms with van der Waals surface area (Å²) in [6, 6.07) is 12.6. The van der Waals surface area contributed by atoms with Crippen molar-refractivity contribution in [3.05, 3.63) is 64.5 Å². The maximum absolute atomic E-state index is 4.55. The summed E-state index contributed by atoms with van der Waals surface area (Å²) in [6.07, 6.45) is 0.742. The van der Waals surface area contributed by atoms with Gasteiger partial charge in [0.15, 0.2) is 0 Å². The molecule has 0 unspecified atom stereocenters. The van der Waals surface area contributed by atoms with Gasteiger partial charge in [-0.1, -0.05) is 19.1 Å². The number of aryl methyl sites for hydroxylation is 5. The first kappa shape index (κ1) is 17.9. The second kappa shape index (κ2) is 7.52. The molecule has 3 aromatic rings. The average molecular weight is 347 g/mol. The van der Waals surface area contributed by atoms with Gasteiger partial charge in [-0.05, 0) is 74.2 Å². The van der Waals surface area contributed by atoms with Gasteiger partial charge in [-0.25, -0.2) is 0 Å². The Labute approximate surface area is 154 Å². The molecule has 0 aliphatic heterocycles. The Morgan fingerprint density at radius 3 is 1.35 bits per heavy atom. The predicted octanol–water partition coefficient (Wildman–Crippen LogP) is 5.15. The Morgan fingerprint density at radius 2 is 1.00 bits per heavy atom. The molecule has 0 saturated carbocycles. The minimum atomic E-state index is 0.550. The summed E-state index contributed by atoms with van der Waals surface area (Å²) >= 11 is 0. The van der Waals surface area contributed by atoms with Crippen LogP contribution in [0.15, 0.2) is 36.4 Å². The van der Waals surface area contributed by atoms with E-state index in [4.69, 9.17) is 0 Å². The fraction of sp³-hybridized carbons (Fsp3) is 0.286. The van der Waals surface area contributed by atoms with Gasteiger partial charge in [0, 0.05) is 17.8 Å². The van der Waals surface area contributed by atoms with E-state index in [0.717, 1.165) is 23.6 Å². The molecule has 0 amide bonds. The summed E-state index contributed by atoms with van der Waals surface area (Å²) in [6.45, 7) is 10.4. The standard InChI is InChI=1S/C21H25N5/c1-6-19-24-20(22-17-9-13(2)7-14(3)10-17)26-21(25-19)23-18-11-15(4)8-16(5)12-18/h7-12H,6H2,1-5H3,(H2,22,23,24,25,26). The third-order valence-corrected chi connectivity index (χ3v) is 3.95. The smallest absolute Gasteiger partial charge is 0.232 e. The summed E-state index contributed by atoms with van der Waals surface area (Å²) in [5, 5.41) is 6.61. The minimum absolute atomic E-state index is 0.550. The van der Waals surface area contributed by atoms with E-state index in [1.807, 2.05) is 6.92 Å². The molecule has 1 heterocycles. The third-order valence-electron chi connectivity index (χ3n) is 3.95. The van der Waals surface area contributed by atoms with E-state index >= 15 is 0 Å². The van der Waals surface area contributed by atoms with Gasteiger partial charge in [0.1, 0.15) is 5.82 Å². The molecule has 5 nitrogen and oxygen atoms in total. The zero-order chi connectivity index (χ0) is 18.7. The van der Waals surface area contributed by atoms with Crippen LogP contribution >= 0.6 is 0 Å². The second-order valence-electron chi connectivity index (χ2n) is 6.76. The highest BCUT2D eigenvalue weighted by Gasteiger charge is 2.08. The van der Waals surface area contributed by atoms with Crippen LogP contribution in [0, 0.1) is 27.7 Å². The van der Waals surface area contributed by atoms with Gasteiger partial charge in [0.05, 0.1) is 0 Å². The van der Waals surface area contributed by atoms with E-state index in [1.54, 1.807) is 0 Å². The topological polar surface area (TPSA) is 62.7 Å². The number of nitrogens with zero attached hydrogens (tertiary/aromatic N) is 3. The van der Waals surface area contributed by atoms with Crippen molar-refractivity contribution in [3.8, 4) is 0 Å². The van der Waals surface area contributed by atoms with Crippen LogP contribution in [0.25, 0.3) is 0 Å². The normalized spacial score (nSPS) is 10.7. The monoisotopic (exact) mass is 347 g/mol. The highest BCUT2D eigenvalue weighted by molar-refractivity contribution is 5.59. The van der Waals surface area contributed by atoms with Gasteiger partial charge in [-0.15, -0.1) is 0 Å². The SMILES string of the molecule is CCc1nc(Nc2cc(C)cc(C)c2)nc(Nc2cc(C)cc(C)c2)n1. The van der Waals surface area contributed by atoms with Crippen LogP contribution in [-0.4, -0.2) is 15.0 Å². The molecule has 0 spiro atoms. The van der Waals surface area contributed by atoms with Crippen LogP contribution in [0.5, 0.6) is 0 Å². The Bertz CT molecular complexity index is 821. The predicted molar refractivity (Wildman–Crippen MR) is 108 cm³/mol. The zero-order valence-corrected chi connectivity index (χ0v) is 16.0. The van der Waals surface area contributed by atoms with Crippen molar-refractivity contribution >= 4 is 23.3 Å². The molecule has 0 bridgehead atoms. The van der Waals surface area contributed by atoms with Crippen LogP contribution in [-0.2, 0) is 6.42 Å². The lowest BCUT2D eigenvalue weighted by Gasteiger charge is -2.11. The van der Waals surface area contributed by atoms with Crippen molar-refractivity contribution in [1.82, 2.24) is 15.0 Å². The third kappa shape index (κ3) is 4.57. The van der Waals surface area contributed by atoms with E-state index in [-0.39, 0.29) is 0 Å². The van der Waals surface area contributed by atoms with E-state index in [1.165, 1.54) is 22.3 Å². The number of aromatic nitrogens is 3. The van der Waals surface area contributed by atoms with Crippen LogP contribution < -0.4 is 10.6 Å². The molecule has 0 radical (unpaired) electrons. The van der Waals surface area contributed by atoms with Crippen molar-refractivity contribution in [1.29, 1.82) is 0 Å². The lowest BCUT2D eigenvalue weighted by Crippen LogP contribution is -2.07. The van der Waals surface area contributed by atoms with Gasteiger partial charge >= 0.3 is 0 Å². The molecule has 2 N–H and O–H groups in total. The molecular weight excluding hydrogens is 322 g/mol. The van der Waals surface area contributed by atoms with Crippen molar-refractivity contribution in [2.45, 2.75) is 41.0 Å². The summed E-state index contributed by atoms with van der Waals surface area (Å²) < 4.78 is 0. The van der Waals surface area contributed by atoms with E-state index in [0.29, 0.717) is 11.9 Å². The number of benzene rings is 2. The Kier molecular flexibility index (Phi) is 5.16. The minimum Gasteiger partial charge on any atom is -0.324 e. The molecule has 134 valence electrons. The Balaban J connectivity index is 1.90. The van der Waals surface area contributed by atoms with Crippen molar-refractivity contribution in [3.63, 3.8) is 0 Å². The molecule has 0 aliphatic rings. The summed E-state index contributed by atoms with van der Waals surface area (Å²) in [4.78, 5) is 13.6. The maximum atomic E-state index is 4.55. The number of anilines is 4. The maximum Gasteiger partial charge on any atom is 0.232 e. The van der Waals surface area contributed by atoms with Crippen molar-refractivity contribution < 1.29 is 0 Å². The van der Waals surface area contributed by atoms with Gasteiger partial charge in [0.2, 0.25) is 11.9 Å². The Hall–Kier alpha value is -2.95. The van der Waals surface area contributed by atoms with Crippen LogP contribution in [0.1, 0.15) is 35.0 Å². The first-order valence-electron chi connectivity index (χ1n) is 8.87. The van der Waals surface area contributed by atoms with E-state index in [2.05, 4.69) is 89.7 Å². The van der Waals surface area contributed by atoms with Gasteiger partial charge in [-0.2, -0.15) is 15.0 Å². The second-order valence-corrected chi connectivity index (χ2v) is 6.76. The van der Waals surface area contributed by atoms with Crippen molar-refractivity contribution in [2.75, 3.05) is 10.6 Å². The molecule has 0 fully saturated rings. The highest BCUT2D eigenvalue weighted by atomic mass is 15.2. The van der Waals surface area contributed by atoms with Crippen LogP contribution in [0.2, 0.25) is 0 Å². The molecule has 26 heavy (non-hydrogen) atoms. The van der Waals surface area contributed by atoms with Gasteiger partial charge in [0.25, 0.3) is 0 Å². The fourth-order valence-electron chi connectivity index (χ4n) is 3.04. The number of nitrogens with one attached hydrogen (secondary N) is 2. The number of hydrogen-bond acceptors (Lipinski definition) is 5. The van der Waals surface area contributed by atoms with E-state index in [9.17, 15) is 0 Å². The van der Waals surface area contributed by atoms with Crippen LogP contribution in [0.4, 0.5) is 23.3 Å². The van der Waals surface area contributed by atoms with Gasteiger partial charge < -0.3 is 10.6 Å². The molecule has 0 aliphatic carbocycles. The molecular formula is C21H25N5. The fourth-order valence-corrected chi connectivity index (χ4v) is 3.04. The molecule has 2 aromatic carbocycles. The van der Waals surface area contributed by atoms with Crippen molar-refractivity contribution in [2.24, 2.45) is 0 Å². The molecule has 5 heteroatoms. The number of rotatable bonds is 5. The lowest BCUT2D eigenvalue weighted by molar-refractivity contribution is 0.910. The molecule has 1 aromatic heterocycles.